The molecule has 0 bridgehead atoms. The zero-order valence-corrected chi connectivity index (χ0v) is 9.56. The van der Waals surface area contributed by atoms with Crippen molar-refractivity contribution >= 4 is 0 Å². The van der Waals surface area contributed by atoms with Crippen molar-refractivity contribution in [3.63, 3.8) is 0 Å². The Morgan fingerprint density at radius 3 is 1.76 bits per heavy atom. The molecule has 2 aromatic rings. The van der Waals surface area contributed by atoms with Crippen molar-refractivity contribution < 1.29 is 5.11 Å². The molecule has 0 aromatic heterocycles. The van der Waals surface area contributed by atoms with Crippen LogP contribution >= 0.6 is 0 Å². The topological polar surface area (TPSA) is 20.2 Å². The maximum absolute atomic E-state index is 10.5. The number of hydrogen-bond acceptors (Lipinski definition) is 1. The summed E-state index contributed by atoms with van der Waals surface area (Å²) in [6.45, 7) is 0. The first-order chi connectivity index (χ1) is 8.30. The normalized spacial score (nSPS) is 19.8. The minimum atomic E-state index is -0.483. The molecule has 2 aliphatic carbocycles. The number of benzene rings is 2. The summed E-state index contributed by atoms with van der Waals surface area (Å²) in [6.07, 6.45) is 1.86. The van der Waals surface area contributed by atoms with E-state index in [1.54, 1.807) is 0 Å². The van der Waals surface area contributed by atoms with Crippen LogP contribution in [0.1, 0.15) is 29.9 Å². The second-order valence-electron chi connectivity index (χ2n) is 5.21. The highest BCUT2D eigenvalue weighted by molar-refractivity contribution is 5.79. The van der Waals surface area contributed by atoms with E-state index >= 15 is 0 Å². The van der Waals surface area contributed by atoms with Crippen LogP contribution in [0.5, 0.6) is 0 Å². The largest absolute Gasteiger partial charge is 0.389 e. The molecule has 0 unspecified atom stereocenters. The molecule has 0 heterocycles. The second-order valence-corrected chi connectivity index (χ2v) is 5.21. The summed E-state index contributed by atoms with van der Waals surface area (Å²) in [5.41, 5.74) is 4.71. The molecule has 1 fully saturated rings. The summed E-state index contributed by atoms with van der Waals surface area (Å²) < 4.78 is 0. The summed E-state index contributed by atoms with van der Waals surface area (Å²) in [7, 11) is 0. The molecule has 0 atom stereocenters. The molecule has 0 spiro atoms. The van der Waals surface area contributed by atoms with Crippen molar-refractivity contribution in [1.82, 2.24) is 0 Å². The molecule has 84 valence electrons. The van der Waals surface area contributed by atoms with E-state index in [0.717, 1.165) is 12.8 Å². The number of rotatable bonds is 1. The fourth-order valence-corrected chi connectivity index (χ4v) is 3.15. The zero-order valence-electron chi connectivity index (χ0n) is 9.56. The molecular weight excluding hydrogens is 208 g/mol. The van der Waals surface area contributed by atoms with E-state index in [4.69, 9.17) is 0 Å². The Morgan fingerprint density at radius 1 is 0.824 bits per heavy atom. The Hall–Kier alpha value is -1.60. The van der Waals surface area contributed by atoms with E-state index in [0.29, 0.717) is 0 Å². The molecule has 17 heavy (non-hydrogen) atoms. The average molecular weight is 222 g/mol. The van der Waals surface area contributed by atoms with E-state index in [9.17, 15) is 5.11 Å². The number of fused-ring (bicyclic) bond motifs is 3. The predicted octanol–water partition coefficient (Wildman–Crippen LogP) is 3.32. The SMILES string of the molecule is OC1(C2c3ccccc3-c3ccccc32)CC1. The average Bonchev–Trinajstić information content (AvgIpc) is 3.01. The van der Waals surface area contributed by atoms with Gasteiger partial charge in [0, 0.05) is 5.92 Å². The van der Waals surface area contributed by atoms with E-state index in [-0.39, 0.29) is 5.92 Å². The van der Waals surface area contributed by atoms with Crippen LogP contribution in [0.4, 0.5) is 0 Å². The third-order valence-electron chi connectivity index (χ3n) is 4.13. The van der Waals surface area contributed by atoms with Gasteiger partial charge in [0.2, 0.25) is 0 Å². The fraction of sp³-hybridized carbons (Fsp3) is 0.250. The lowest BCUT2D eigenvalue weighted by atomic mass is 9.89. The molecule has 1 heteroatoms. The van der Waals surface area contributed by atoms with E-state index in [2.05, 4.69) is 48.5 Å². The monoisotopic (exact) mass is 222 g/mol. The molecule has 1 saturated carbocycles. The lowest BCUT2D eigenvalue weighted by Gasteiger charge is -2.19. The van der Waals surface area contributed by atoms with Gasteiger partial charge in [-0.05, 0) is 35.1 Å². The van der Waals surface area contributed by atoms with Crippen LogP contribution in [0.2, 0.25) is 0 Å². The lowest BCUT2D eigenvalue weighted by molar-refractivity contribution is 0.133. The van der Waals surface area contributed by atoms with Gasteiger partial charge in [-0.2, -0.15) is 0 Å². The van der Waals surface area contributed by atoms with Crippen LogP contribution in [0.25, 0.3) is 11.1 Å². The van der Waals surface area contributed by atoms with Gasteiger partial charge in [-0.1, -0.05) is 48.5 Å². The Morgan fingerprint density at radius 2 is 1.29 bits per heavy atom. The third kappa shape index (κ3) is 1.18. The summed E-state index contributed by atoms with van der Waals surface area (Å²) in [5, 5.41) is 10.5. The Balaban J connectivity index is 2.02. The third-order valence-corrected chi connectivity index (χ3v) is 4.13. The Bertz CT molecular complexity index is 550. The van der Waals surface area contributed by atoms with Gasteiger partial charge < -0.3 is 5.11 Å². The molecule has 0 saturated heterocycles. The molecular formula is C16H14O. The minimum absolute atomic E-state index is 0.190. The Kier molecular flexibility index (Phi) is 1.66. The van der Waals surface area contributed by atoms with E-state index in [1.807, 2.05) is 0 Å². The van der Waals surface area contributed by atoms with Crippen LogP contribution in [-0.2, 0) is 0 Å². The molecule has 2 aromatic carbocycles. The van der Waals surface area contributed by atoms with Crippen LogP contribution < -0.4 is 0 Å². The summed E-state index contributed by atoms with van der Waals surface area (Å²) >= 11 is 0. The molecule has 0 radical (unpaired) electrons. The van der Waals surface area contributed by atoms with Crippen molar-refractivity contribution in [3.8, 4) is 11.1 Å². The van der Waals surface area contributed by atoms with Crippen LogP contribution in [-0.4, -0.2) is 10.7 Å². The first-order valence-corrected chi connectivity index (χ1v) is 6.20. The fourth-order valence-electron chi connectivity index (χ4n) is 3.15. The number of aliphatic hydroxyl groups is 1. The van der Waals surface area contributed by atoms with Gasteiger partial charge in [0.25, 0.3) is 0 Å². The molecule has 0 amide bonds. The van der Waals surface area contributed by atoms with E-state index < -0.39 is 5.60 Å². The van der Waals surface area contributed by atoms with Gasteiger partial charge in [0.05, 0.1) is 5.60 Å². The maximum atomic E-state index is 10.5. The first-order valence-electron chi connectivity index (χ1n) is 6.20. The van der Waals surface area contributed by atoms with Gasteiger partial charge in [-0.3, -0.25) is 0 Å². The highest BCUT2D eigenvalue weighted by Crippen LogP contribution is 2.57. The molecule has 4 rings (SSSR count). The van der Waals surface area contributed by atoms with Crippen molar-refractivity contribution in [2.45, 2.75) is 24.4 Å². The molecule has 1 nitrogen and oxygen atoms in total. The highest BCUT2D eigenvalue weighted by Gasteiger charge is 2.52. The molecule has 0 aliphatic heterocycles. The highest BCUT2D eigenvalue weighted by atomic mass is 16.3. The standard InChI is InChI=1S/C16H14O/c17-16(9-10-16)15-13-7-3-1-5-11(13)12-6-2-4-8-14(12)15/h1-8,15,17H,9-10H2. The molecule has 2 aliphatic rings. The van der Waals surface area contributed by atoms with Crippen LogP contribution in [0.15, 0.2) is 48.5 Å². The van der Waals surface area contributed by atoms with Gasteiger partial charge in [0.15, 0.2) is 0 Å². The van der Waals surface area contributed by atoms with Crippen molar-refractivity contribution in [3.05, 3.63) is 59.7 Å². The predicted molar refractivity (Wildman–Crippen MR) is 67.9 cm³/mol. The quantitative estimate of drug-likeness (QED) is 0.784. The minimum Gasteiger partial charge on any atom is -0.389 e. The van der Waals surface area contributed by atoms with Gasteiger partial charge in [-0.25, -0.2) is 0 Å². The first kappa shape index (κ1) is 9.43. The smallest absolute Gasteiger partial charge is 0.0759 e. The van der Waals surface area contributed by atoms with Gasteiger partial charge >= 0.3 is 0 Å². The van der Waals surface area contributed by atoms with Crippen molar-refractivity contribution in [2.24, 2.45) is 0 Å². The van der Waals surface area contributed by atoms with Crippen LogP contribution in [0.3, 0.4) is 0 Å². The van der Waals surface area contributed by atoms with Crippen molar-refractivity contribution in [2.75, 3.05) is 0 Å². The van der Waals surface area contributed by atoms with E-state index in [1.165, 1.54) is 22.3 Å². The van der Waals surface area contributed by atoms with Gasteiger partial charge in [-0.15, -0.1) is 0 Å². The number of hydrogen-bond donors (Lipinski definition) is 1. The maximum Gasteiger partial charge on any atom is 0.0759 e. The lowest BCUT2D eigenvalue weighted by Crippen LogP contribution is -2.18. The second kappa shape index (κ2) is 2.99. The van der Waals surface area contributed by atoms with Gasteiger partial charge in [0.1, 0.15) is 0 Å². The van der Waals surface area contributed by atoms with Crippen molar-refractivity contribution in [1.29, 1.82) is 0 Å². The zero-order chi connectivity index (χ0) is 11.5. The van der Waals surface area contributed by atoms with Crippen LogP contribution in [0, 0.1) is 0 Å². The summed E-state index contributed by atoms with van der Waals surface area (Å²) in [4.78, 5) is 0. The summed E-state index contributed by atoms with van der Waals surface area (Å²) in [6, 6.07) is 17.0. The Labute approximate surface area is 101 Å². The molecule has 1 N–H and O–H groups in total. The summed E-state index contributed by atoms with van der Waals surface area (Å²) in [5.74, 6) is 0.190.